The molecule has 0 saturated carbocycles. The largest absolute Gasteiger partial charge is 0.351 e. The zero-order chi connectivity index (χ0) is 19.2. The van der Waals surface area contributed by atoms with E-state index in [1.165, 1.54) is 23.4 Å². The van der Waals surface area contributed by atoms with Crippen LogP contribution in [-0.2, 0) is 17.9 Å². The Hall–Kier alpha value is -1.47. The number of thiophene rings is 1. The van der Waals surface area contributed by atoms with Crippen LogP contribution in [-0.4, -0.2) is 41.5 Å². The fourth-order valence-corrected chi connectivity index (χ4v) is 5.30. The number of nitrogens with one attached hydrogen (secondary N) is 2. The van der Waals surface area contributed by atoms with Crippen LogP contribution in [0.4, 0.5) is 0 Å². The third kappa shape index (κ3) is 6.51. The van der Waals surface area contributed by atoms with Gasteiger partial charge in [0.15, 0.2) is 0 Å². The number of rotatable bonds is 8. The van der Waals surface area contributed by atoms with E-state index in [1.807, 2.05) is 29.9 Å². The van der Waals surface area contributed by atoms with E-state index in [-0.39, 0.29) is 18.3 Å². The minimum absolute atomic E-state index is 0. The molecule has 2 aliphatic heterocycles. The maximum absolute atomic E-state index is 12.1. The number of hydrogen-bond donors (Lipinski definition) is 2. The van der Waals surface area contributed by atoms with Gasteiger partial charge in [-0.25, -0.2) is 0 Å². The smallest absolute Gasteiger partial charge is 0.220 e. The van der Waals surface area contributed by atoms with E-state index in [9.17, 15) is 4.79 Å². The summed E-state index contributed by atoms with van der Waals surface area (Å²) in [4.78, 5) is 20.2. The second-order valence-electron chi connectivity index (χ2n) is 8.18. The number of halogens is 1. The fourth-order valence-electron chi connectivity index (χ4n) is 4.66. The summed E-state index contributed by atoms with van der Waals surface area (Å²) in [7, 11) is 0. The Balaban J connectivity index is 0.00000240. The number of fused-ring (bicyclic) bond motifs is 2. The molecule has 1 amide bonds. The van der Waals surface area contributed by atoms with Crippen LogP contribution >= 0.6 is 23.7 Å². The van der Waals surface area contributed by atoms with Crippen LogP contribution in [0.3, 0.4) is 0 Å². The van der Waals surface area contributed by atoms with Crippen LogP contribution in [0.25, 0.3) is 0 Å². The molecule has 2 N–H and O–H groups in total. The number of likely N-dealkylation sites (tertiary alicyclic amines) is 1. The van der Waals surface area contributed by atoms with E-state index >= 15 is 0 Å². The van der Waals surface area contributed by atoms with Gasteiger partial charge >= 0.3 is 0 Å². The maximum Gasteiger partial charge on any atom is 0.220 e. The summed E-state index contributed by atoms with van der Waals surface area (Å²) in [5.74, 6) is 1.61. The van der Waals surface area contributed by atoms with Gasteiger partial charge in [-0.2, -0.15) is 0 Å². The lowest BCUT2D eigenvalue weighted by atomic mass is 9.79. The molecule has 2 aliphatic rings. The lowest BCUT2D eigenvalue weighted by molar-refractivity contribution is -0.121. The van der Waals surface area contributed by atoms with Crippen molar-refractivity contribution in [3.05, 3.63) is 52.5 Å². The van der Waals surface area contributed by atoms with Crippen LogP contribution in [0.1, 0.15) is 36.1 Å². The molecule has 4 rings (SSSR count). The summed E-state index contributed by atoms with van der Waals surface area (Å²) in [6.07, 6.45) is 7.81. The quantitative estimate of drug-likeness (QED) is 0.668. The molecule has 2 unspecified atom stereocenters. The molecule has 2 aromatic heterocycles. The Bertz CT molecular complexity index is 743. The van der Waals surface area contributed by atoms with Gasteiger partial charge < -0.3 is 10.6 Å². The van der Waals surface area contributed by atoms with Gasteiger partial charge in [0.2, 0.25) is 5.91 Å². The first-order chi connectivity index (χ1) is 13.8. The molecule has 4 heterocycles. The molecule has 2 aromatic rings. The second kappa shape index (κ2) is 11.1. The number of carbonyl (C=O) groups is 1. The van der Waals surface area contributed by atoms with Gasteiger partial charge in [-0.15, -0.1) is 23.7 Å². The topological polar surface area (TPSA) is 57.3 Å². The van der Waals surface area contributed by atoms with Crippen molar-refractivity contribution in [1.29, 1.82) is 0 Å². The Kier molecular flexibility index (Phi) is 8.48. The van der Waals surface area contributed by atoms with Crippen LogP contribution < -0.4 is 10.6 Å². The summed E-state index contributed by atoms with van der Waals surface area (Å²) < 4.78 is 0. The molecule has 2 bridgehead atoms. The van der Waals surface area contributed by atoms with Crippen LogP contribution in [0.5, 0.6) is 0 Å². The van der Waals surface area contributed by atoms with E-state index in [4.69, 9.17) is 0 Å². The van der Waals surface area contributed by atoms with Crippen molar-refractivity contribution in [3.8, 4) is 0 Å². The molecular formula is C22H31ClN4OS. The molecule has 0 aliphatic carbocycles. The highest BCUT2D eigenvalue weighted by Gasteiger charge is 2.36. The van der Waals surface area contributed by atoms with Crippen molar-refractivity contribution in [2.24, 2.45) is 11.8 Å². The highest BCUT2D eigenvalue weighted by atomic mass is 35.5. The molecule has 2 fully saturated rings. The number of piperidine rings is 2. The second-order valence-corrected chi connectivity index (χ2v) is 9.21. The average Bonchev–Trinajstić information content (AvgIpc) is 3.23. The van der Waals surface area contributed by atoms with Gasteiger partial charge in [-0.05, 0) is 60.7 Å². The predicted molar refractivity (Wildman–Crippen MR) is 120 cm³/mol. The SMILES string of the molecule is Cl.O=C(CCC[C@H]1NCC2CC1CN(Cc1cccnc1)C2)NCc1cccs1. The summed E-state index contributed by atoms with van der Waals surface area (Å²) in [6, 6.07) is 8.82. The lowest BCUT2D eigenvalue weighted by Crippen LogP contribution is -2.55. The molecule has 2 saturated heterocycles. The summed E-state index contributed by atoms with van der Waals surface area (Å²) >= 11 is 1.69. The first kappa shape index (κ1) is 22.2. The number of hydrogen-bond acceptors (Lipinski definition) is 5. The summed E-state index contributed by atoms with van der Waals surface area (Å²) in [6.45, 7) is 5.09. The third-order valence-electron chi connectivity index (χ3n) is 5.97. The zero-order valence-corrected chi connectivity index (χ0v) is 18.4. The van der Waals surface area contributed by atoms with Gasteiger partial charge in [0.1, 0.15) is 0 Å². The number of pyridine rings is 1. The summed E-state index contributed by atoms with van der Waals surface area (Å²) in [5, 5.41) is 8.85. The van der Waals surface area contributed by atoms with E-state index in [0.29, 0.717) is 24.9 Å². The van der Waals surface area contributed by atoms with Gasteiger partial charge in [0, 0.05) is 49.4 Å². The number of amides is 1. The van der Waals surface area contributed by atoms with Crippen LogP contribution in [0.2, 0.25) is 0 Å². The van der Waals surface area contributed by atoms with Gasteiger partial charge in [-0.1, -0.05) is 12.1 Å². The molecular weight excluding hydrogens is 404 g/mol. The van der Waals surface area contributed by atoms with Crippen molar-refractivity contribution >= 4 is 29.7 Å². The molecule has 0 aromatic carbocycles. The fraction of sp³-hybridized carbons (Fsp3) is 0.545. The molecule has 3 atom stereocenters. The lowest BCUT2D eigenvalue weighted by Gasteiger charge is -2.46. The molecule has 29 heavy (non-hydrogen) atoms. The zero-order valence-electron chi connectivity index (χ0n) is 16.8. The first-order valence-corrected chi connectivity index (χ1v) is 11.3. The first-order valence-electron chi connectivity index (χ1n) is 10.4. The minimum atomic E-state index is 0. The molecule has 0 spiro atoms. The summed E-state index contributed by atoms with van der Waals surface area (Å²) in [5.41, 5.74) is 1.30. The Morgan fingerprint density at radius 2 is 2.24 bits per heavy atom. The van der Waals surface area contributed by atoms with Gasteiger partial charge in [0.05, 0.1) is 6.54 Å². The van der Waals surface area contributed by atoms with Crippen molar-refractivity contribution in [1.82, 2.24) is 20.5 Å². The Labute approximate surface area is 183 Å². The monoisotopic (exact) mass is 434 g/mol. The van der Waals surface area contributed by atoms with Gasteiger partial charge in [-0.3, -0.25) is 14.7 Å². The Morgan fingerprint density at radius 1 is 1.31 bits per heavy atom. The highest BCUT2D eigenvalue weighted by molar-refractivity contribution is 7.09. The Morgan fingerprint density at radius 3 is 3.03 bits per heavy atom. The van der Waals surface area contributed by atoms with E-state index in [0.717, 1.165) is 38.4 Å². The predicted octanol–water partition coefficient (Wildman–Crippen LogP) is 3.46. The minimum Gasteiger partial charge on any atom is -0.351 e. The van der Waals surface area contributed by atoms with Crippen molar-refractivity contribution in [3.63, 3.8) is 0 Å². The number of nitrogens with zero attached hydrogens (tertiary/aromatic N) is 2. The van der Waals surface area contributed by atoms with Crippen molar-refractivity contribution in [2.75, 3.05) is 19.6 Å². The van der Waals surface area contributed by atoms with Crippen molar-refractivity contribution < 1.29 is 4.79 Å². The molecule has 158 valence electrons. The average molecular weight is 435 g/mol. The molecule has 5 nitrogen and oxygen atoms in total. The standard InChI is InChI=1S/C22H30N4OS.ClH/c27-22(25-13-20-5-3-9-28-20)7-1-6-21-19-10-18(12-24-21)15-26(16-19)14-17-4-2-8-23-11-17;/h2-5,8-9,11,18-19,21,24H,1,6-7,10,12-16H2,(H,25,27);1H/t18?,19?,21-;/m1./s1. The van der Waals surface area contributed by atoms with Crippen LogP contribution in [0.15, 0.2) is 42.0 Å². The van der Waals surface area contributed by atoms with E-state index in [2.05, 4.69) is 32.7 Å². The van der Waals surface area contributed by atoms with Crippen LogP contribution in [0, 0.1) is 11.8 Å². The maximum atomic E-state index is 12.1. The number of carbonyl (C=O) groups excluding carboxylic acids is 1. The number of aromatic nitrogens is 1. The van der Waals surface area contributed by atoms with Gasteiger partial charge in [0.25, 0.3) is 0 Å². The van der Waals surface area contributed by atoms with E-state index < -0.39 is 0 Å². The highest BCUT2D eigenvalue weighted by Crippen LogP contribution is 2.31. The molecule has 7 heteroatoms. The van der Waals surface area contributed by atoms with E-state index in [1.54, 1.807) is 11.3 Å². The van der Waals surface area contributed by atoms with Crippen molar-refractivity contribution in [2.45, 2.75) is 44.8 Å². The normalized spacial score (nSPS) is 23.9. The molecule has 0 radical (unpaired) electrons. The third-order valence-corrected chi connectivity index (χ3v) is 6.85.